The van der Waals surface area contributed by atoms with Crippen LogP contribution in [0.4, 0.5) is 10.1 Å². The third-order valence-electron chi connectivity index (χ3n) is 5.26. The number of para-hydroxylation sites is 1. The third-order valence-corrected chi connectivity index (χ3v) is 5.26. The molecule has 0 radical (unpaired) electrons. The number of aliphatic carboxylic acids is 1. The number of nitro groups is 1. The Bertz CT molecular complexity index is 926. The fourth-order valence-electron chi connectivity index (χ4n) is 3.73. The van der Waals surface area contributed by atoms with Crippen molar-refractivity contribution in [3.63, 3.8) is 0 Å². The smallest absolute Gasteiger partial charge is 0.303 e. The molecule has 0 saturated carbocycles. The van der Waals surface area contributed by atoms with E-state index in [2.05, 4.69) is 4.90 Å². The molecule has 0 aliphatic carbocycles. The van der Waals surface area contributed by atoms with Crippen molar-refractivity contribution in [2.45, 2.75) is 18.9 Å². The van der Waals surface area contributed by atoms with Gasteiger partial charge in [-0.2, -0.15) is 0 Å². The molecule has 1 atom stereocenters. The Morgan fingerprint density at radius 2 is 1.70 bits per heavy atom. The van der Waals surface area contributed by atoms with Crippen LogP contribution in [0.5, 0.6) is 0 Å². The summed E-state index contributed by atoms with van der Waals surface area (Å²) >= 11 is 0. The summed E-state index contributed by atoms with van der Waals surface area (Å²) in [5, 5.41) is 20.3. The molecule has 0 aromatic heterocycles. The SMILES string of the molecule is O=C(O)CC[C@@H](c1ccc(F)cc1)N1CCN(C(=O)c2ccccc2[N+](=O)[O-])CC1. The van der Waals surface area contributed by atoms with Crippen LogP contribution in [0, 0.1) is 15.9 Å². The van der Waals surface area contributed by atoms with E-state index in [1.807, 2.05) is 0 Å². The summed E-state index contributed by atoms with van der Waals surface area (Å²) in [5.74, 6) is -1.67. The Balaban J connectivity index is 1.71. The number of carbonyl (C=O) groups is 2. The van der Waals surface area contributed by atoms with Crippen LogP contribution in [0.1, 0.15) is 34.8 Å². The van der Waals surface area contributed by atoms with Gasteiger partial charge in [0, 0.05) is 44.7 Å². The van der Waals surface area contributed by atoms with Gasteiger partial charge in [-0.25, -0.2) is 4.39 Å². The molecule has 3 rings (SSSR count). The van der Waals surface area contributed by atoms with E-state index >= 15 is 0 Å². The highest BCUT2D eigenvalue weighted by Gasteiger charge is 2.30. The highest BCUT2D eigenvalue weighted by Crippen LogP contribution is 2.28. The van der Waals surface area contributed by atoms with Crippen LogP contribution in [-0.4, -0.2) is 57.9 Å². The van der Waals surface area contributed by atoms with Gasteiger partial charge in [0.2, 0.25) is 0 Å². The van der Waals surface area contributed by atoms with E-state index < -0.39 is 16.8 Å². The number of rotatable bonds is 7. The van der Waals surface area contributed by atoms with Gasteiger partial charge in [0.1, 0.15) is 11.4 Å². The lowest BCUT2D eigenvalue weighted by Crippen LogP contribution is -2.49. The molecule has 1 N–H and O–H groups in total. The Labute approximate surface area is 172 Å². The Morgan fingerprint density at radius 1 is 1.07 bits per heavy atom. The monoisotopic (exact) mass is 415 g/mol. The van der Waals surface area contributed by atoms with Gasteiger partial charge >= 0.3 is 5.97 Å². The van der Waals surface area contributed by atoms with Crippen molar-refractivity contribution < 1.29 is 24.0 Å². The van der Waals surface area contributed by atoms with Crippen molar-refractivity contribution in [2.24, 2.45) is 0 Å². The number of halogens is 1. The topological polar surface area (TPSA) is 104 Å². The van der Waals surface area contributed by atoms with Gasteiger partial charge in [-0.05, 0) is 30.2 Å². The van der Waals surface area contributed by atoms with Gasteiger partial charge in [0.05, 0.1) is 4.92 Å². The third kappa shape index (κ3) is 4.98. The predicted octanol–water partition coefficient (Wildman–Crippen LogP) is 3.10. The van der Waals surface area contributed by atoms with Crippen LogP contribution in [-0.2, 0) is 4.79 Å². The molecule has 0 unspecified atom stereocenters. The summed E-state index contributed by atoms with van der Waals surface area (Å²) in [4.78, 5) is 38.2. The maximum Gasteiger partial charge on any atom is 0.303 e. The zero-order valence-electron chi connectivity index (χ0n) is 16.2. The quantitative estimate of drug-likeness (QED) is 0.550. The summed E-state index contributed by atoms with van der Waals surface area (Å²) in [6, 6.07) is 11.6. The summed E-state index contributed by atoms with van der Waals surface area (Å²) in [6.07, 6.45) is 0.330. The van der Waals surface area contributed by atoms with E-state index in [1.165, 1.54) is 30.3 Å². The average molecular weight is 415 g/mol. The molecule has 1 amide bonds. The Morgan fingerprint density at radius 3 is 2.30 bits per heavy atom. The normalized spacial score (nSPS) is 15.6. The standard InChI is InChI=1S/C21H22FN3O5/c22-16-7-5-15(6-8-16)18(9-10-20(26)27)23-11-13-24(14-12-23)21(28)17-3-1-2-4-19(17)25(29)30/h1-8,18H,9-14H2,(H,26,27)/t18-/m0/s1. The first-order valence-electron chi connectivity index (χ1n) is 9.61. The minimum absolute atomic E-state index is 0.0304. The molecule has 0 spiro atoms. The lowest BCUT2D eigenvalue weighted by atomic mass is 9.99. The second-order valence-electron chi connectivity index (χ2n) is 7.10. The van der Waals surface area contributed by atoms with E-state index in [1.54, 1.807) is 23.1 Å². The summed E-state index contributed by atoms with van der Waals surface area (Å²) in [5.41, 5.74) is 0.642. The van der Waals surface area contributed by atoms with Gasteiger partial charge < -0.3 is 10.0 Å². The minimum atomic E-state index is -0.910. The van der Waals surface area contributed by atoms with Crippen LogP contribution >= 0.6 is 0 Å². The number of carboxylic acid groups (broad SMARTS) is 1. The lowest BCUT2D eigenvalue weighted by Gasteiger charge is -2.39. The second kappa shape index (κ2) is 9.45. The van der Waals surface area contributed by atoms with Gasteiger partial charge in [-0.15, -0.1) is 0 Å². The fourth-order valence-corrected chi connectivity index (χ4v) is 3.73. The molecule has 2 aromatic rings. The van der Waals surface area contributed by atoms with Crippen LogP contribution in [0.3, 0.4) is 0 Å². The molecule has 30 heavy (non-hydrogen) atoms. The Kier molecular flexibility index (Phi) is 6.73. The molecule has 1 aliphatic heterocycles. The first-order chi connectivity index (χ1) is 14.4. The highest BCUT2D eigenvalue weighted by atomic mass is 19.1. The van der Waals surface area contributed by atoms with Crippen LogP contribution in [0.25, 0.3) is 0 Å². The molecule has 0 bridgehead atoms. The van der Waals surface area contributed by atoms with Crippen molar-refractivity contribution in [3.05, 3.63) is 75.6 Å². The van der Waals surface area contributed by atoms with Gasteiger partial charge in [0.15, 0.2) is 0 Å². The molecule has 9 heteroatoms. The molecule has 1 saturated heterocycles. The first kappa shape index (κ1) is 21.4. The molecular weight excluding hydrogens is 393 g/mol. The Hall–Kier alpha value is -3.33. The summed E-state index contributed by atoms with van der Waals surface area (Å²) in [7, 11) is 0. The zero-order chi connectivity index (χ0) is 21.7. The van der Waals surface area contributed by atoms with E-state index in [9.17, 15) is 24.1 Å². The van der Waals surface area contributed by atoms with Crippen molar-refractivity contribution >= 4 is 17.6 Å². The fraction of sp³-hybridized carbons (Fsp3) is 0.333. The van der Waals surface area contributed by atoms with Crippen molar-refractivity contribution in [2.75, 3.05) is 26.2 Å². The molecular formula is C21H22FN3O5. The number of hydrogen-bond acceptors (Lipinski definition) is 5. The van der Waals surface area contributed by atoms with Gasteiger partial charge in [-0.1, -0.05) is 24.3 Å². The van der Waals surface area contributed by atoms with Crippen LogP contribution in [0.15, 0.2) is 48.5 Å². The second-order valence-corrected chi connectivity index (χ2v) is 7.10. The van der Waals surface area contributed by atoms with E-state index in [0.717, 1.165) is 5.56 Å². The van der Waals surface area contributed by atoms with Crippen LogP contribution < -0.4 is 0 Å². The molecule has 1 heterocycles. The molecule has 8 nitrogen and oxygen atoms in total. The van der Waals surface area contributed by atoms with Crippen molar-refractivity contribution in [3.8, 4) is 0 Å². The number of piperazine rings is 1. The first-order valence-corrected chi connectivity index (χ1v) is 9.61. The predicted molar refractivity (Wildman–Crippen MR) is 107 cm³/mol. The van der Waals surface area contributed by atoms with E-state index in [4.69, 9.17) is 5.11 Å². The number of amides is 1. The maximum atomic E-state index is 13.3. The molecule has 158 valence electrons. The maximum absolute atomic E-state index is 13.3. The molecule has 1 aliphatic rings. The minimum Gasteiger partial charge on any atom is -0.481 e. The lowest BCUT2D eigenvalue weighted by molar-refractivity contribution is -0.385. The largest absolute Gasteiger partial charge is 0.481 e. The number of nitrogens with zero attached hydrogens (tertiary/aromatic N) is 3. The van der Waals surface area contributed by atoms with Gasteiger partial charge in [-0.3, -0.25) is 24.6 Å². The van der Waals surface area contributed by atoms with Crippen LogP contribution in [0.2, 0.25) is 0 Å². The zero-order valence-corrected chi connectivity index (χ0v) is 16.2. The van der Waals surface area contributed by atoms with Crippen molar-refractivity contribution in [1.82, 2.24) is 9.80 Å². The highest BCUT2D eigenvalue weighted by molar-refractivity contribution is 5.98. The number of carbonyl (C=O) groups excluding carboxylic acids is 1. The molecule has 1 fully saturated rings. The van der Waals surface area contributed by atoms with Gasteiger partial charge in [0.25, 0.3) is 11.6 Å². The van der Waals surface area contributed by atoms with E-state index in [-0.39, 0.29) is 29.5 Å². The number of carboxylic acids is 1. The summed E-state index contributed by atoms with van der Waals surface area (Å²) < 4.78 is 13.3. The molecule has 2 aromatic carbocycles. The summed E-state index contributed by atoms with van der Waals surface area (Å²) in [6.45, 7) is 1.67. The number of hydrogen-bond donors (Lipinski definition) is 1. The number of benzene rings is 2. The number of nitro benzene ring substituents is 1. The average Bonchev–Trinajstić information content (AvgIpc) is 2.75. The van der Waals surface area contributed by atoms with Crippen molar-refractivity contribution in [1.29, 1.82) is 0 Å². The van der Waals surface area contributed by atoms with E-state index in [0.29, 0.717) is 32.6 Å².